The van der Waals surface area contributed by atoms with Crippen molar-refractivity contribution >= 4 is 27.4 Å². The van der Waals surface area contributed by atoms with Gasteiger partial charge in [-0.05, 0) is 35.0 Å². The number of thiol groups is 1. The number of rotatable bonds is 2. The van der Waals surface area contributed by atoms with E-state index in [-0.39, 0.29) is 0 Å². The standard InChI is InChI=1S/C10H9NO3S/c11-9-3-1-8-6-10(14-15(12)13)4-2-7(8)5-9/h1-6,15H,11H2. The van der Waals surface area contributed by atoms with Gasteiger partial charge < -0.3 is 9.92 Å². The molecule has 2 aromatic carbocycles. The van der Waals surface area contributed by atoms with Gasteiger partial charge >= 0.3 is 0 Å². The number of nitrogen functional groups attached to an aromatic ring is 1. The molecule has 0 heterocycles. The quantitative estimate of drug-likeness (QED) is 0.595. The van der Waals surface area contributed by atoms with E-state index in [1.165, 1.54) is 0 Å². The average Bonchev–Trinajstić information content (AvgIpc) is 2.17. The molecule has 5 heteroatoms. The van der Waals surface area contributed by atoms with Crippen LogP contribution in [-0.2, 0) is 11.0 Å². The summed E-state index contributed by atoms with van der Waals surface area (Å²) < 4.78 is 25.3. The molecule has 0 radical (unpaired) electrons. The van der Waals surface area contributed by atoms with E-state index in [9.17, 15) is 8.42 Å². The summed E-state index contributed by atoms with van der Waals surface area (Å²) in [6.45, 7) is 0. The smallest absolute Gasteiger partial charge is 0.299 e. The number of nitrogens with two attached hydrogens (primary N) is 1. The highest BCUT2D eigenvalue weighted by atomic mass is 32.2. The molecule has 2 aromatic rings. The SMILES string of the molecule is Nc1ccc2cc(O[SH](=O)=O)ccc2c1. The van der Waals surface area contributed by atoms with Crippen LogP contribution in [0.25, 0.3) is 10.8 Å². The van der Waals surface area contributed by atoms with Crippen LogP contribution >= 0.6 is 0 Å². The molecular weight excluding hydrogens is 214 g/mol. The minimum Gasteiger partial charge on any atom is -0.399 e. The van der Waals surface area contributed by atoms with E-state index in [4.69, 9.17) is 5.73 Å². The number of fused-ring (bicyclic) bond motifs is 1. The summed E-state index contributed by atoms with van der Waals surface area (Å²) >= 11 is 0. The molecule has 15 heavy (non-hydrogen) atoms. The van der Waals surface area contributed by atoms with Crippen LogP contribution in [0.1, 0.15) is 0 Å². The molecule has 0 bridgehead atoms. The monoisotopic (exact) mass is 223 g/mol. The summed E-state index contributed by atoms with van der Waals surface area (Å²) in [4.78, 5) is 0. The van der Waals surface area contributed by atoms with Gasteiger partial charge in [0.1, 0.15) is 5.75 Å². The molecule has 0 fully saturated rings. The summed E-state index contributed by atoms with van der Waals surface area (Å²) in [5.41, 5.74) is 6.29. The normalized spacial score (nSPS) is 10.7. The number of hydrogen-bond donors (Lipinski definition) is 2. The Labute approximate surface area is 88.4 Å². The van der Waals surface area contributed by atoms with Crippen LogP contribution in [0.4, 0.5) is 5.69 Å². The summed E-state index contributed by atoms with van der Waals surface area (Å²) in [5, 5.41) is 1.84. The summed E-state index contributed by atoms with van der Waals surface area (Å²) in [7, 11) is -2.86. The van der Waals surface area contributed by atoms with Crippen LogP contribution in [0.5, 0.6) is 5.75 Å². The highest BCUT2D eigenvalue weighted by Crippen LogP contribution is 2.22. The van der Waals surface area contributed by atoms with Crippen LogP contribution < -0.4 is 9.92 Å². The lowest BCUT2D eigenvalue weighted by atomic mass is 10.1. The van der Waals surface area contributed by atoms with Gasteiger partial charge in [-0.1, -0.05) is 12.1 Å². The van der Waals surface area contributed by atoms with Gasteiger partial charge in [0.05, 0.1) is 0 Å². The van der Waals surface area contributed by atoms with E-state index in [0.717, 1.165) is 10.8 Å². The molecule has 0 aliphatic heterocycles. The van der Waals surface area contributed by atoms with E-state index in [2.05, 4.69) is 4.18 Å². The molecular formula is C10H9NO3S. The van der Waals surface area contributed by atoms with Gasteiger partial charge in [0, 0.05) is 5.69 Å². The first-order valence-electron chi connectivity index (χ1n) is 4.27. The maximum absolute atomic E-state index is 10.4. The Morgan fingerprint density at radius 2 is 1.67 bits per heavy atom. The van der Waals surface area contributed by atoms with E-state index in [1.54, 1.807) is 24.3 Å². The zero-order chi connectivity index (χ0) is 10.8. The molecule has 0 aromatic heterocycles. The van der Waals surface area contributed by atoms with Crippen molar-refractivity contribution in [1.29, 1.82) is 0 Å². The first-order valence-corrected chi connectivity index (χ1v) is 5.36. The molecule has 0 unspecified atom stereocenters. The van der Waals surface area contributed by atoms with E-state index >= 15 is 0 Å². The highest BCUT2D eigenvalue weighted by molar-refractivity contribution is 7.67. The molecule has 2 rings (SSSR count). The number of anilines is 1. The zero-order valence-electron chi connectivity index (χ0n) is 7.71. The van der Waals surface area contributed by atoms with Crippen LogP contribution in [0.2, 0.25) is 0 Å². The third-order valence-corrected chi connectivity index (χ3v) is 2.38. The second-order valence-corrected chi connectivity index (χ2v) is 3.71. The van der Waals surface area contributed by atoms with Crippen molar-refractivity contribution in [2.24, 2.45) is 0 Å². The summed E-state index contributed by atoms with van der Waals surface area (Å²) in [6.07, 6.45) is 0. The van der Waals surface area contributed by atoms with Crippen LogP contribution in [-0.4, -0.2) is 8.42 Å². The van der Waals surface area contributed by atoms with E-state index in [0.29, 0.717) is 11.4 Å². The van der Waals surface area contributed by atoms with Crippen LogP contribution in [0, 0.1) is 0 Å². The van der Waals surface area contributed by atoms with Gasteiger partial charge in [-0.25, -0.2) is 0 Å². The molecule has 0 atom stereocenters. The topological polar surface area (TPSA) is 69.4 Å². The van der Waals surface area contributed by atoms with Crippen molar-refractivity contribution in [3.63, 3.8) is 0 Å². The van der Waals surface area contributed by atoms with E-state index < -0.39 is 11.0 Å². The fourth-order valence-electron chi connectivity index (χ4n) is 1.39. The molecule has 78 valence electrons. The summed E-state index contributed by atoms with van der Waals surface area (Å²) in [5.74, 6) is 0.309. The molecule has 0 spiro atoms. The van der Waals surface area contributed by atoms with Crippen LogP contribution in [0.3, 0.4) is 0 Å². The second-order valence-electron chi connectivity index (χ2n) is 3.08. The Morgan fingerprint density at radius 3 is 2.40 bits per heavy atom. The lowest BCUT2D eigenvalue weighted by Gasteiger charge is -2.02. The van der Waals surface area contributed by atoms with Gasteiger partial charge in [-0.2, -0.15) is 8.42 Å². The molecule has 0 saturated carbocycles. The predicted octanol–water partition coefficient (Wildman–Crippen LogP) is 1.33. The minimum absolute atomic E-state index is 0.309. The van der Waals surface area contributed by atoms with Crippen molar-refractivity contribution in [3.8, 4) is 5.75 Å². The minimum atomic E-state index is -2.86. The third-order valence-electron chi connectivity index (χ3n) is 2.02. The van der Waals surface area contributed by atoms with Crippen molar-refractivity contribution in [3.05, 3.63) is 36.4 Å². The maximum Gasteiger partial charge on any atom is 0.299 e. The van der Waals surface area contributed by atoms with Crippen molar-refractivity contribution in [2.75, 3.05) is 5.73 Å². The fraction of sp³-hybridized carbons (Fsp3) is 0. The second kappa shape index (κ2) is 3.78. The number of benzene rings is 2. The van der Waals surface area contributed by atoms with Gasteiger partial charge in [0.2, 0.25) is 0 Å². The van der Waals surface area contributed by atoms with Gasteiger partial charge in [0.25, 0.3) is 11.0 Å². The molecule has 0 saturated heterocycles. The average molecular weight is 223 g/mol. The zero-order valence-corrected chi connectivity index (χ0v) is 8.61. The Kier molecular flexibility index (Phi) is 2.47. The first kappa shape index (κ1) is 9.79. The third kappa shape index (κ3) is 2.19. The molecule has 0 aliphatic rings. The largest absolute Gasteiger partial charge is 0.399 e. The lowest BCUT2D eigenvalue weighted by molar-refractivity contribution is 0.511. The Balaban J connectivity index is 2.52. The Morgan fingerprint density at radius 1 is 1.00 bits per heavy atom. The maximum atomic E-state index is 10.4. The van der Waals surface area contributed by atoms with Crippen molar-refractivity contribution in [1.82, 2.24) is 0 Å². The highest BCUT2D eigenvalue weighted by Gasteiger charge is 1.98. The van der Waals surface area contributed by atoms with Gasteiger partial charge in [0.15, 0.2) is 0 Å². The fourth-order valence-corrected chi connectivity index (χ4v) is 1.67. The van der Waals surface area contributed by atoms with Crippen molar-refractivity contribution < 1.29 is 12.6 Å². The van der Waals surface area contributed by atoms with Gasteiger partial charge in [-0.3, -0.25) is 0 Å². The van der Waals surface area contributed by atoms with Crippen LogP contribution in [0.15, 0.2) is 36.4 Å². The molecule has 0 aliphatic carbocycles. The van der Waals surface area contributed by atoms with Crippen molar-refractivity contribution in [2.45, 2.75) is 0 Å². The molecule has 2 N–H and O–H groups in total. The predicted molar refractivity (Wildman–Crippen MR) is 59.3 cm³/mol. The number of hydrogen-bond acceptors (Lipinski definition) is 4. The van der Waals surface area contributed by atoms with E-state index in [1.807, 2.05) is 12.1 Å². The van der Waals surface area contributed by atoms with Gasteiger partial charge in [-0.15, -0.1) is 0 Å². The Hall–Kier alpha value is -1.75. The Bertz CT molecular complexity index is 570. The lowest BCUT2D eigenvalue weighted by Crippen LogP contribution is -1.90. The molecule has 4 nitrogen and oxygen atoms in total. The molecule has 0 amide bonds. The summed E-state index contributed by atoms with van der Waals surface area (Å²) in [6, 6.07) is 10.4. The first-order chi connectivity index (χ1) is 7.15.